The zero-order chi connectivity index (χ0) is 19.5. The molecule has 2 atom stereocenters. The number of rotatable bonds is 4. The van der Waals surface area contributed by atoms with Crippen LogP contribution in [-0.2, 0) is 14.9 Å². The van der Waals surface area contributed by atoms with E-state index in [9.17, 15) is 18.0 Å². The summed E-state index contributed by atoms with van der Waals surface area (Å²) in [7, 11) is 0. The molecule has 1 amide bonds. The van der Waals surface area contributed by atoms with Gasteiger partial charge in [-0.3, -0.25) is 4.79 Å². The summed E-state index contributed by atoms with van der Waals surface area (Å²) in [5.74, 6) is -2.13. The van der Waals surface area contributed by atoms with E-state index in [0.29, 0.717) is 32.6 Å². The second-order valence-electron chi connectivity index (χ2n) is 8.03. The summed E-state index contributed by atoms with van der Waals surface area (Å²) in [5, 5.41) is 3.00. The zero-order valence-electron chi connectivity index (χ0n) is 15.8. The molecule has 1 N–H and O–H groups in total. The Morgan fingerprint density at radius 3 is 2.59 bits per heavy atom. The molecule has 2 aliphatic rings. The average molecular weight is 383 g/mol. The molecular weight excluding hydrogens is 355 g/mol. The van der Waals surface area contributed by atoms with E-state index in [-0.39, 0.29) is 24.2 Å². The Labute approximate surface area is 158 Å². The van der Waals surface area contributed by atoms with Crippen LogP contribution in [0, 0.1) is 18.8 Å². The van der Waals surface area contributed by atoms with Gasteiger partial charge in [0.1, 0.15) is 0 Å². The molecule has 27 heavy (non-hydrogen) atoms. The second-order valence-corrected chi connectivity index (χ2v) is 8.03. The summed E-state index contributed by atoms with van der Waals surface area (Å²) in [4.78, 5) is 12.7. The van der Waals surface area contributed by atoms with Crippen LogP contribution in [0.15, 0.2) is 24.3 Å². The Morgan fingerprint density at radius 1 is 1.22 bits per heavy atom. The molecule has 1 aromatic rings. The van der Waals surface area contributed by atoms with Gasteiger partial charge in [-0.05, 0) is 50.2 Å². The van der Waals surface area contributed by atoms with E-state index in [1.165, 1.54) is 11.1 Å². The topological polar surface area (TPSA) is 38.3 Å². The number of halogens is 3. The van der Waals surface area contributed by atoms with Crippen LogP contribution in [0.1, 0.15) is 49.7 Å². The number of nitrogens with one attached hydrogen (secondary N) is 1. The molecule has 150 valence electrons. The lowest BCUT2D eigenvalue weighted by Gasteiger charge is -2.39. The van der Waals surface area contributed by atoms with Gasteiger partial charge in [-0.2, -0.15) is 13.2 Å². The van der Waals surface area contributed by atoms with Gasteiger partial charge in [-0.15, -0.1) is 0 Å². The quantitative estimate of drug-likeness (QED) is 0.830. The van der Waals surface area contributed by atoms with Gasteiger partial charge in [0.2, 0.25) is 5.91 Å². The first kappa shape index (κ1) is 20.2. The molecule has 0 radical (unpaired) electrons. The molecule has 1 saturated carbocycles. The first-order valence-corrected chi connectivity index (χ1v) is 9.80. The Balaban J connectivity index is 1.69. The second kappa shape index (κ2) is 8.21. The molecule has 2 fully saturated rings. The predicted octanol–water partition coefficient (Wildman–Crippen LogP) is 4.53. The smallest absolute Gasteiger partial charge is 0.381 e. The normalized spacial score (nSPS) is 25.8. The van der Waals surface area contributed by atoms with E-state index in [0.717, 1.165) is 12.8 Å². The average Bonchev–Trinajstić information content (AvgIpc) is 2.66. The van der Waals surface area contributed by atoms with E-state index < -0.39 is 18.0 Å². The highest BCUT2D eigenvalue weighted by Crippen LogP contribution is 2.40. The van der Waals surface area contributed by atoms with Gasteiger partial charge in [-0.25, -0.2) is 0 Å². The van der Waals surface area contributed by atoms with Crippen LogP contribution in [0.2, 0.25) is 0 Å². The van der Waals surface area contributed by atoms with E-state index in [1.807, 2.05) is 12.1 Å². The molecule has 2 unspecified atom stereocenters. The molecule has 1 aliphatic heterocycles. The van der Waals surface area contributed by atoms with Crippen molar-refractivity contribution >= 4 is 5.91 Å². The summed E-state index contributed by atoms with van der Waals surface area (Å²) in [6.07, 6.45) is -1.56. The maximum Gasteiger partial charge on any atom is 0.391 e. The molecule has 1 heterocycles. The maximum atomic E-state index is 13.0. The van der Waals surface area contributed by atoms with Crippen molar-refractivity contribution in [2.24, 2.45) is 11.8 Å². The van der Waals surface area contributed by atoms with Gasteiger partial charge in [-0.1, -0.05) is 30.7 Å². The van der Waals surface area contributed by atoms with E-state index in [2.05, 4.69) is 24.4 Å². The molecule has 0 spiro atoms. The van der Waals surface area contributed by atoms with Crippen molar-refractivity contribution in [3.8, 4) is 0 Å². The minimum absolute atomic E-state index is 0.0875. The van der Waals surface area contributed by atoms with Crippen LogP contribution in [0.25, 0.3) is 0 Å². The number of alkyl halides is 3. The summed E-state index contributed by atoms with van der Waals surface area (Å²) in [6.45, 7) is 3.77. The van der Waals surface area contributed by atoms with Crippen LogP contribution in [-0.4, -0.2) is 31.8 Å². The van der Waals surface area contributed by atoms with Gasteiger partial charge in [0.25, 0.3) is 0 Å². The molecule has 0 aromatic heterocycles. The molecule has 1 saturated heterocycles. The monoisotopic (exact) mass is 383 g/mol. The van der Waals surface area contributed by atoms with Gasteiger partial charge in [0, 0.05) is 31.1 Å². The molecule has 0 bridgehead atoms. The number of amides is 1. The number of carbonyl (C=O) groups is 1. The van der Waals surface area contributed by atoms with Crippen molar-refractivity contribution < 1.29 is 22.7 Å². The third-order valence-electron chi connectivity index (χ3n) is 6.28. The molecule has 1 aliphatic carbocycles. The Morgan fingerprint density at radius 2 is 1.93 bits per heavy atom. The molecule has 3 nitrogen and oxygen atoms in total. The van der Waals surface area contributed by atoms with Crippen molar-refractivity contribution in [2.75, 3.05) is 19.8 Å². The van der Waals surface area contributed by atoms with Crippen LogP contribution in [0.5, 0.6) is 0 Å². The largest absolute Gasteiger partial charge is 0.391 e. The van der Waals surface area contributed by atoms with E-state index in [4.69, 9.17) is 4.74 Å². The minimum Gasteiger partial charge on any atom is -0.381 e. The fraction of sp³-hybridized carbons (Fsp3) is 0.667. The summed E-state index contributed by atoms with van der Waals surface area (Å²) in [6, 6.07) is 8.14. The number of aryl methyl sites for hydroxylation is 1. The summed E-state index contributed by atoms with van der Waals surface area (Å²) >= 11 is 0. The van der Waals surface area contributed by atoms with Crippen molar-refractivity contribution in [2.45, 2.75) is 57.0 Å². The lowest BCUT2D eigenvalue weighted by Crippen LogP contribution is -2.47. The van der Waals surface area contributed by atoms with Crippen LogP contribution in [0.3, 0.4) is 0 Å². The van der Waals surface area contributed by atoms with Crippen molar-refractivity contribution in [1.29, 1.82) is 0 Å². The number of carbonyl (C=O) groups excluding carboxylic acids is 1. The first-order valence-electron chi connectivity index (χ1n) is 9.80. The Bertz CT molecular complexity index is 653. The molecular formula is C21H28F3NO2. The van der Waals surface area contributed by atoms with Gasteiger partial charge >= 0.3 is 6.18 Å². The predicted molar refractivity (Wildman–Crippen MR) is 97.4 cm³/mol. The highest BCUT2D eigenvalue weighted by molar-refractivity contribution is 5.78. The van der Waals surface area contributed by atoms with E-state index in [1.54, 1.807) is 0 Å². The summed E-state index contributed by atoms with van der Waals surface area (Å²) < 4.78 is 44.6. The standard InChI is InChI=1S/C21H28F3NO2/c1-15-5-2-3-8-18(15)20(9-11-27-12-10-20)14-25-19(26)16-6-4-7-17(13-16)21(22,23)24/h2-3,5,8,16-17H,4,6-7,9-14H2,1H3,(H,25,26). The third kappa shape index (κ3) is 4.65. The van der Waals surface area contributed by atoms with Crippen molar-refractivity contribution in [1.82, 2.24) is 5.32 Å². The van der Waals surface area contributed by atoms with E-state index >= 15 is 0 Å². The summed E-state index contributed by atoms with van der Waals surface area (Å²) in [5.41, 5.74) is 2.16. The lowest BCUT2D eigenvalue weighted by molar-refractivity contribution is -0.186. The number of hydrogen-bond acceptors (Lipinski definition) is 2. The van der Waals surface area contributed by atoms with Gasteiger partial charge in [0.15, 0.2) is 0 Å². The molecule has 6 heteroatoms. The van der Waals surface area contributed by atoms with Crippen LogP contribution >= 0.6 is 0 Å². The Kier molecular flexibility index (Phi) is 6.14. The zero-order valence-corrected chi connectivity index (χ0v) is 15.8. The Hall–Kier alpha value is -1.56. The lowest BCUT2D eigenvalue weighted by atomic mass is 9.72. The van der Waals surface area contributed by atoms with Crippen LogP contribution < -0.4 is 5.32 Å². The van der Waals surface area contributed by atoms with Crippen LogP contribution in [0.4, 0.5) is 13.2 Å². The minimum atomic E-state index is -4.21. The maximum absolute atomic E-state index is 13.0. The SMILES string of the molecule is Cc1ccccc1C1(CNC(=O)C2CCCC(C(F)(F)F)C2)CCOCC1. The molecule has 1 aromatic carbocycles. The first-order chi connectivity index (χ1) is 12.8. The van der Waals surface area contributed by atoms with Gasteiger partial charge < -0.3 is 10.1 Å². The fourth-order valence-electron chi connectivity index (χ4n) is 4.60. The van der Waals surface area contributed by atoms with Gasteiger partial charge in [0.05, 0.1) is 5.92 Å². The fourth-order valence-corrected chi connectivity index (χ4v) is 4.60. The highest BCUT2D eigenvalue weighted by Gasteiger charge is 2.44. The van der Waals surface area contributed by atoms with Crippen molar-refractivity contribution in [3.05, 3.63) is 35.4 Å². The highest BCUT2D eigenvalue weighted by atomic mass is 19.4. The third-order valence-corrected chi connectivity index (χ3v) is 6.28. The number of ether oxygens (including phenoxy) is 1. The van der Waals surface area contributed by atoms with Crippen molar-refractivity contribution in [3.63, 3.8) is 0 Å². The molecule has 3 rings (SSSR count). The number of benzene rings is 1. The number of hydrogen-bond donors (Lipinski definition) is 1.